The van der Waals surface area contributed by atoms with Crippen LogP contribution in [0.4, 0.5) is 5.69 Å². The lowest BCUT2D eigenvalue weighted by Crippen LogP contribution is -2.45. The molecule has 8 heteroatoms. The Morgan fingerprint density at radius 3 is 2.41 bits per heavy atom. The Kier molecular flexibility index (Phi) is 10.1. The van der Waals surface area contributed by atoms with Gasteiger partial charge in [-0.1, -0.05) is 41.9 Å². The van der Waals surface area contributed by atoms with Crippen molar-refractivity contribution in [1.29, 1.82) is 0 Å². The first kappa shape index (κ1) is 25.4. The topological polar surface area (TPSA) is 67.6 Å². The van der Waals surface area contributed by atoms with Crippen LogP contribution in [0.1, 0.15) is 41.7 Å². The zero-order valence-electron chi connectivity index (χ0n) is 16.6. The molecule has 1 aliphatic heterocycles. The highest BCUT2D eigenvalue weighted by Gasteiger charge is 2.25. The van der Waals surface area contributed by atoms with Crippen molar-refractivity contribution in [2.45, 2.75) is 31.8 Å². The number of hydrogen-bond donors (Lipinski definition) is 2. The molecule has 0 bridgehead atoms. The summed E-state index contributed by atoms with van der Waals surface area (Å²) in [4.78, 5) is 15.1. The van der Waals surface area contributed by atoms with Crippen molar-refractivity contribution in [3.8, 4) is 5.75 Å². The average molecular weight is 461 g/mol. The summed E-state index contributed by atoms with van der Waals surface area (Å²) >= 11 is 6.07. The Morgan fingerprint density at radius 1 is 1.21 bits per heavy atom. The third-order valence-electron chi connectivity index (χ3n) is 5.26. The zero-order valence-corrected chi connectivity index (χ0v) is 18.9. The molecule has 1 fully saturated rings. The molecule has 2 aromatic rings. The van der Waals surface area contributed by atoms with Crippen molar-refractivity contribution in [2.75, 3.05) is 25.9 Å². The first-order valence-corrected chi connectivity index (χ1v) is 9.60. The van der Waals surface area contributed by atoms with Gasteiger partial charge in [-0.05, 0) is 31.4 Å². The largest absolute Gasteiger partial charge is 0.496 e. The van der Waals surface area contributed by atoms with Crippen molar-refractivity contribution < 1.29 is 9.53 Å². The van der Waals surface area contributed by atoms with Crippen molar-refractivity contribution in [2.24, 2.45) is 0 Å². The van der Waals surface area contributed by atoms with Crippen molar-refractivity contribution >= 4 is 48.0 Å². The molecule has 3 N–H and O–H groups in total. The zero-order chi connectivity index (χ0) is 19.4. The number of anilines is 1. The SMILES string of the molecule is COc1cc(N)c(Cl)cc1C(=O)NC1CCN(C(C)c2ccccc2)CC1.Cl.Cl. The number of rotatable bonds is 5. The van der Waals surface area contributed by atoms with Gasteiger partial charge in [0.15, 0.2) is 0 Å². The normalized spacial score (nSPS) is 15.6. The standard InChI is InChI=1S/C21H26ClN3O2.2ClH/c1-14(15-6-4-3-5-7-15)25-10-8-16(9-11-25)24-21(26)17-12-18(22)19(23)13-20(17)27-2;;/h3-7,12-14,16H,8-11,23H2,1-2H3,(H,24,26);2*1H. The number of nitrogens with two attached hydrogens (primary N) is 1. The van der Waals surface area contributed by atoms with Gasteiger partial charge in [-0.2, -0.15) is 0 Å². The van der Waals surface area contributed by atoms with E-state index in [1.54, 1.807) is 12.1 Å². The predicted molar refractivity (Wildman–Crippen MR) is 124 cm³/mol. The van der Waals surface area contributed by atoms with E-state index >= 15 is 0 Å². The number of nitrogens with one attached hydrogen (secondary N) is 1. The molecule has 1 heterocycles. The smallest absolute Gasteiger partial charge is 0.255 e. The number of piperidine rings is 1. The number of amides is 1. The first-order chi connectivity index (χ1) is 13.0. The Labute approximate surface area is 189 Å². The molecule has 1 aliphatic rings. The van der Waals surface area contributed by atoms with Gasteiger partial charge in [0.2, 0.25) is 0 Å². The summed E-state index contributed by atoms with van der Waals surface area (Å²) in [6, 6.07) is 14.2. The Morgan fingerprint density at radius 2 is 1.83 bits per heavy atom. The Hall–Kier alpha value is -1.66. The summed E-state index contributed by atoms with van der Waals surface area (Å²) < 4.78 is 5.28. The van der Waals surface area contributed by atoms with Crippen LogP contribution < -0.4 is 15.8 Å². The number of likely N-dealkylation sites (tertiary alicyclic amines) is 1. The summed E-state index contributed by atoms with van der Waals surface area (Å²) in [6.45, 7) is 4.12. The van der Waals surface area contributed by atoms with Crippen LogP contribution in [0.15, 0.2) is 42.5 Å². The van der Waals surface area contributed by atoms with Gasteiger partial charge in [0, 0.05) is 31.2 Å². The number of hydrogen-bond acceptors (Lipinski definition) is 4. The molecule has 0 aliphatic carbocycles. The van der Waals surface area contributed by atoms with Crippen LogP contribution in [0, 0.1) is 0 Å². The van der Waals surface area contributed by atoms with Crippen LogP contribution in [0.5, 0.6) is 5.75 Å². The summed E-state index contributed by atoms with van der Waals surface area (Å²) in [5, 5.41) is 3.46. The van der Waals surface area contributed by atoms with E-state index in [0.29, 0.717) is 28.1 Å². The summed E-state index contributed by atoms with van der Waals surface area (Å²) in [5.41, 5.74) is 7.92. The number of benzene rings is 2. The molecule has 2 aromatic carbocycles. The quantitative estimate of drug-likeness (QED) is 0.633. The molecule has 160 valence electrons. The number of carbonyl (C=O) groups is 1. The van der Waals surface area contributed by atoms with E-state index in [1.807, 2.05) is 6.07 Å². The molecule has 3 rings (SSSR count). The molecule has 0 radical (unpaired) electrons. The van der Waals surface area contributed by atoms with Gasteiger partial charge in [0.25, 0.3) is 5.91 Å². The monoisotopic (exact) mass is 459 g/mol. The van der Waals surface area contributed by atoms with Gasteiger partial charge < -0.3 is 15.8 Å². The molecule has 1 atom stereocenters. The average Bonchev–Trinajstić information content (AvgIpc) is 2.70. The molecule has 5 nitrogen and oxygen atoms in total. The van der Waals surface area contributed by atoms with Crippen molar-refractivity contribution in [3.63, 3.8) is 0 Å². The van der Waals surface area contributed by atoms with Gasteiger partial charge in [-0.3, -0.25) is 9.69 Å². The van der Waals surface area contributed by atoms with E-state index in [9.17, 15) is 4.79 Å². The summed E-state index contributed by atoms with van der Waals surface area (Å²) in [6.07, 6.45) is 1.82. The molecular weight excluding hydrogens is 433 g/mol. The van der Waals surface area contributed by atoms with Crippen LogP contribution >= 0.6 is 36.4 Å². The minimum atomic E-state index is -0.177. The van der Waals surface area contributed by atoms with Crippen molar-refractivity contribution in [1.82, 2.24) is 10.2 Å². The number of methoxy groups -OCH3 is 1. The number of nitrogen functional groups attached to an aromatic ring is 1. The maximum Gasteiger partial charge on any atom is 0.255 e. The number of halogens is 3. The fraction of sp³-hybridized carbons (Fsp3) is 0.381. The van der Waals surface area contributed by atoms with E-state index in [0.717, 1.165) is 25.9 Å². The highest BCUT2D eigenvalue weighted by Crippen LogP contribution is 2.29. The van der Waals surface area contributed by atoms with Crippen molar-refractivity contribution in [3.05, 3.63) is 58.6 Å². The molecule has 1 amide bonds. The highest BCUT2D eigenvalue weighted by molar-refractivity contribution is 6.33. The lowest BCUT2D eigenvalue weighted by molar-refractivity contribution is 0.0893. The Bertz CT molecular complexity index is 797. The third-order valence-corrected chi connectivity index (χ3v) is 5.59. The fourth-order valence-corrected chi connectivity index (χ4v) is 3.72. The van der Waals surface area contributed by atoms with E-state index in [2.05, 4.69) is 41.4 Å². The van der Waals surface area contributed by atoms with E-state index < -0.39 is 0 Å². The van der Waals surface area contributed by atoms with Crippen LogP contribution in [0.3, 0.4) is 0 Å². The molecule has 0 aromatic heterocycles. The lowest BCUT2D eigenvalue weighted by Gasteiger charge is -2.36. The maximum atomic E-state index is 12.7. The second-order valence-corrected chi connectivity index (χ2v) is 7.35. The van der Waals surface area contributed by atoms with Gasteiger partial charge >= 0.3 is 0 Å². The Balaban J connectivity index is 0.00000210. The minimum Gasteiger partial charge on any atom is -0.496 e. The molecule has 1 saturated heterocycles. The number of ether oxygens (including phenoxy) is 1. The maximum absolute atomic E-state index is 12.7. The number of nitrogens with zero attached hydrogens (tertiary/aromatic N) is 1. The molecule has 29 heavy (non-hydrogen) atoms. The molecule has 0 saturated carbocycles. The third kappa shape index (κ3) is 6.16. The molecular formula is C21H28Cl3N3O2. The number of carbonyl (C=O) groups excluding carboxylic acids is 1. The fourth-order valence-electron chi connectivity index (χ4n) is 3.55. The molecule has 0 spiro atoms. The minimum absolute atomic E-state index is 0. The van der Waals surface area contributed by atoms with Crippen LogP contribution in [0.25, 0.3) is 0 Å². The van der Waals surface area contributed by atoms with E-state index in [-0.39, 0.29) is 36.8 Å². The summed E-state index contributed by atoms with van der Waals surface area (Å²) in [5.74, 6) is 0.257. The predicted octanol–water partition coefficient (Wildman–Crippen LogP) is 4.73. The van der Waals surface area contributed by atoms with Gasteiger partial charge in [-0.15, -0.1) is 24.8 Å². The van der Waals surface area contributed by atoms with E-state index in [4.69, 9.17) is 22.1 Å². The first-order valence-electron chi connectivity index (χ1n) is 9.22. The van der Waals surface area contributed by atoms with Gasteiger partial charge in [0.05, 0.1) is 23.4 Å². The van der Waals surface area contributed by atoms with Crippen LogP contribution in [-0.4, -0.2) is 37.0 Å². The van der Waals surface area contributed by atoms with Gasteiger partial charge in [-0.25, -0.2) is 0 Å². The summed E-state index contributed by atoms with van der Waals surface area (Å²) in [7, 11) is 1.52. The second-order valence-electron chi connectivity index (χ2n) is 6.94. The van der Waals surface area contributed by atoms with Crippen LogP contribution in [-0.2, 0) is 0 Å². The second kappa shape index (κ2) is 11.5. The lowest BCUT2D eigenvalue weighted by atomic mass is 10.00. The van der Waals surface area contributed by atoms with Crippen LogP contribution in [0.2, 0.25) is 5.02 Å². The van der Waals surface area contributed by atoms with E-state index in [1.165, 1.54) is 12.7 Å². The van der Waals surface area contributed by atoms with Gasteiger partial charge in [0.1, 0.15) is 5.75 Å². The molecule has 1 unspecified atom stereocenters. The highest BCUT2D eigenvalue weighted by atomic mass is 35.5.